The van der Waals surface area contributed by atoms with E-state index in [0.29, 0.717) is 18.7 Å². The van der Waals surface area contributed by atoms with Crippen molar-refractivity contribution >= 4 is 5.91 Å². The number of carbonyl (C=O) groups is 1. The summed E-state index contributed by atoms with van der Waals surface area (Å²) in [4.78, 5) is 15.2. The van der Waals surface area contributed by atoms with Crippen LogP contribution >= 0.6 is 0 Å². The molecule has 2 fully saturated rings. The fraction of sp³-hybridized carbons (Fsp3) is 0.480. The normalized spacial score (nSPS) is 19.8. The summed E-state index contributed by atoms with van der Waals surface area (Å²) in [5.41, 5.74) is 1.75. The zero-order valence-electron chi connectivity index (χ0n) is 18.2. The molecule has 31 heavy (non-hydrogen) atoms. The van der Waals surface area contributed by atoms with E-state index in [1.54, 1.807) is 7.11 Å². The van der Waals surface area contributed by atoms with Gasteiger partial charge in [0.05, 0.1) is 19.3 Å². The topological polar surface area (TPSA) is 60.0 Å². The Morgan fingerprint density at radius 1 is 1.13 bits per heavy atom. The van der Waals surface area contributed by atoms with Gasteiger partial charge in [-0.05, 0) is 69.1 Å². The first-order valence-corrected chi connectivity index (χ1v) is 11.2. The number of amides is 1. The fourth-order valence-electron chi connectivity index (χ4n) is 4.39. The molecular weight excluding hydrogens is 392 g/mol. The third-order valence-electron chi connectivity index (χ3n) is 6.11. The Labute approximate surface area is 184 Å². The summed E-state index contributed by atoms with van der Waals surface area (Å²) >= 11 is 0. The lowest BCUT2D eigenvalue weighted by Crippen LogP contribution is -2.37. The number of para-hydroxylation sites is 1. The first-order valence-electron chi connectivity index (χ1n) is 11.2. The number of methoxy groups -OCH3 is 1. The van der Waals surface area contributed by atoms with Gasteiger partial charge in [-0.15, -0.1) is 0 Å². The second-order valence-corrected chi connectivity index (χ2v) is 8.18. The largest absolute Gasteiger partial charge is 0.496 e. The molecule has 2 saturated heterocycles. The van der Waals surface area contributed by atoms with E-state index in [1.165, 1.54) is 12.8 Å². The monoisotopic (exact) mass is 424 g/mol. The fourth-order valence-corrected chi connectivity index (χ4v) is 4.39. The highest BCUT2D eigenvalue weighted by atomic mass is 16.5. The Hall–Kier alpha value is -2.57. The van der Waals surface area contributed by atoms with Crippen molar-refractivity contribution in [2.75, 3.05) is 40.0 Å². The van der Waals surface area contributed by atoms with Gasteiger partial charge in [0.25, 0.3) is 5.91 Å². The van der Waals surface area contributed by atoms with E-state index in [-0.39, 0.29) is 18.1 Å². The van der Waals surface area contributed by atoms with E-state index in [2.05, 4.69) is 16.3 Å². The van der Waals surface area contributed by atoms with Crippen LogP contribution in [0.5, 0.6) is 11.5 Å². The molecule has 4 rings (SSSR count). The van der Waals surface area contributed by atoms with Crippen LogP contribution < -0.4 is 14.8 Å². The molecule has 2 aliphatic rings. The molecule has 0 radical (unpaired) electrons. The lowest BCUT2D eigenvalue weighted by Gasteiger charge is -2.29. The van der Waals surface area contributed by atoms with Crippen molar-refractivity contribution in [1.29, 1.82) is 0 Å². The molecule has 0 saturated carbocycles. The average Bonchev–Trinajstić information content (AvgIpc) is 3.53. The zero-order chi connectivity index (χ0) is 21.5. The summed E-state index contributed by atoms with van der Waals surface area (Å²) in [6.07, 6.45) is 4.70. The van der Waals surface area contributed by atoms with Gasteiger partial charge in [0.2, 0.25) is 0 Å². The Balaban J connectivity index is 1.37. The van der Waals surface area contributed by atoms with Crippen LogP contribution in [0.2, 0.25) is 0 Å². The molecule has 1 N–H and O–H groups in total. The second-order valence-electron chi connectivity index (χ2n) is 8.18. The third-order valence-corrected chi connectivity index (χ3v) is 6.11. The van der Waals surface area contributed by atoms with Crippen molar-refractivity contribution in [1.82, 2.24) is 10.2 Å². The smallest absolute Gasteiger partial charge is 0.251 e. The van der Waals surface area contributed by atoms with Crippen molar-refractivity contribution < 1.29 is 19.0 Å². The van der Waals surface area contributed by atoms with Gasteiger partial charge in [-0.25, -0.2) is 0 Å². The van der Waals surface area contributed by atoms with Gasteiger partial charge in [0.15, 0.2) is 0 Å². The molecule has 0 bridgehead atoms. The van der Waals surface area contributed by atoms with E-state index >= 15 is 0 Å². The van der Waals surface area contributed by atoms with Crippen LogP contribution in [0.4, 0.5) is 0 Å². The third kappa shape index (κ3) is 5.57. The van der Waals surface area contributed by atoms with Crippen molar-refractivity contribution in [3.63, 3.8) is 0 Å². The quantitative estimate of drug-likeness (QED) is 0.663. The molecule has 0 spiro atoms. The maximum absolute atomic E-state index is 12.8. The van der Waals surface area contributed by atoms with Crippen LogP contribution in [-0.2, 0) is 4.74 Å². The molecule has 2 aromatic rings. The Kier molecular flexibility index (Phi) is 7.43. The van der Waals surface area contributed by atoms with Gasteiger partial charge in [0, 0.05) is 24.3 Å². The minimum Gasteiger partial charge on any atom is -0.496 e. The molecule has 0 aromatic heterocycles. The first kappa shape index (κ1) is 21.7. The van der Waals surface area contributed by atoms with E-state index in [1.807, 2.05) is 42.5 Å². The van der Waals surface area contributed by atoms with Gasteiger partial charge in [-0.1, -0.05) is 18.2 Å². The van der Waals surface area contributed by atoms with Crippen LogP contribution in [0.1, 0.15) is 47.6 Å². The summed E-state index contributed by atoms with van der Waals surface area (Å²) < 4.78 is 17.0. The molecule has 1 amide bonds. The average molecular weight is 425 g/mol. The zero-order valence-corrected chi connectivity index (χ0v) is 18.2. The Morgan fingerprint density at radius 3 is 2.61 bits per heavy atom. The number of hydrogen-bond acceptors (Lipinski definition) is 5. The molecular formula is C25H32N2O4. The van der Waals surface area contributed by atoms with E-state index in [4.69, 9.17) is 14.2 Å². The Bertz CT molecular complexity index is 843. The maximum Gasteiger partial charge on any atom is 0.251 e. The minimum absolute atomic E-state index is 0.0789. The van der Waals surface area contributed by atoms with Crippen LogP contribution in [0.25, 0.3) is 0 Å². The van der Waals surface area contributed by atoms with E-state index in [9.17, 15) is 4.79 Å². The first-order chi connectivity index (χ1) is 15.2. The maximum atomic E-state index is 12.8. The molecule has 2 heterocycles. The number of likely N-dealkylation sites (tertiary alicyclic amines) is 1. The second kappa shape index (κ2) is 10.6. The standard InChI is InChI=1S/C25H32N2O4/c1-29-24-9-3-2-8-22(24)23(27-14-4-5-15-27)17-26-25(28)19-10-12-20(13-11-19)31-18-21-7-6-16-30-21/h2-3,8-13,21,23H,4-7,14-18H2,1H3,(H,26,28). The molecule has 6 heteroatoms. The summed E-state index contributed by atoms with van der Waals surface area (Å²) in [5.74, 6) is 1.54. The van der Waals surface area contributed by atoms with E-state index < -0.39 is 0 Å². The van der Waals surface area contributed by atoms with Crippen molar-refractivity contribution in [3.8, 4) is 11.5 Å². The summed E-state index contributed by atoms with van der Waals surface area (Å²) in [6.45, 7) is 3.99. The number of benzene rings is 2. The minimum atomic E-state index is -0.0789. The van der Waals surface area contributed by atoms with Gasteiger partial charge in [-0.2, -0.15) is 0 Å². The summed E-state index contributed by atoms with van der Waals surface area (Å²) in [7, 11) is 1.70. The molecule has 0 aliphatic carbocycles. The van der Waals surface area contributed by atoms with Crippen LogP contribution in [0.3, 0.4) is 0 Å². The van der Waals surface area contributed by atoms with Gasteiger partial charge >= 0.3 is 0 Å². The van der Waals surface area contributed by atoms with Crippen molar-refractivity contribution in [3.05, 3.63) is 59.7 Å². The molecule has 6 nitrogen and oxygen atoms in total. The highest BCUT2D eigenvalue weighted by Gasteiger charge is 2.26. The number of carbonyl (C=O) groups excluding carboxylic acids is 1. The molecule has 166 valence electrons. The van der Waals surface area contributed by atoms with Crippen molar-refractivity contribution in [2.45, 2.75) is 37.8 Å². The lowest BCUT2D eigenvalue weighted by atomic mass is 10.0. The highest BCUT2D eigenvalue weighted by molar-refractivity contribution is 5.94. The van der Waals surface area contributed by atoms with Gasteiger partial charge < -0.3 is 19.5 Å². The summed E-state index contributed by atoms with van der Waals surface area (Å²) in [5, 5.41) is 3.12. The Morgan fingerprint density at radius 2 is 1.90 bits per heavy atom. The lowest BCUT2D eigenvalue weighted by molar-refractivity contribution is 0.0679. The van der Waals surface area contributed by atoms with Crippen LogP contribution in [0, 0.1) is 0 Å². The molecule has 2 unspecified atom stereocenters. The molecule has 2 atom stereocenters. The summed E-state index contributed by atoms with van der Waals surface area (Å²) in [6, 6.07) is 15.5. The van der Waals surface area contributed by atoms with Crippen molar-refractivity contribution in [2.24, 2.45) is 0 Å². The SMILES string of the molecule is COc1ccccc1C(CNC(=O)c1ccc(OCC2CCCO2)cc1)N1CCCC1. The highest BCUT2D eigenvalue weighted by Crippen LogP contribution is 2.31. The van der Waals surface area contributed by atoms with Gasteiger partial charge in [-0.3, -0.25) is 9.69 Å². The number of hydrogen-bond donors (Lipinski definition) is 1. The predicted molar refractivity (Wildman–Crippen MR) is 120 cm³/mol. The number of nitrogens with zero attached hydrogens (tertiary/aromatic N) is 1. The number of nitrogens with one attached hydrogen (secondary N) is 1. The number of rotatable bonds is 9. The van der Waals surface area contributed by atoms with E-state index in [0.717, 1.165) is 49.6 Å². The van der Waals surface area contributed by atoms with Gasteiger partial charge in [0.1, 0.15) is 18.1 Å². The number of ether oxygens (including phenoxy) is 3. The predicted octanol–water partition coefficient (Wildman–Crippen LogP) is 3.82. The molecule has 2 aromatic carbocycles. The molecule has 2 aliphatic heterocycles. The van der Waals surface area contributed by atoms with Crippen LogP contribution in [-0.4, -0.2) is 56.9 Å². The van der Waals surface area contributed by atoms with Crippen LogP contribution in [0.15, 0.2) is 48.5 Å².